The Bertz CT molecular complexity index is 502. The highest BCUT2D eigenvalue weighted by Gasteiger charge is 2.32. The van der Waals surface area contributed by atoms with Gasteiger partial charge in [0.1, 0.15) is 5.75 Å². The summed E-state index contributed by atoms with van der Waals surface area (Å²) in [6.45, 7) is 2.72. The minimum absolute atomic E-state index is 0.470. The van der Waals surface area contributed by atoms with E-state index < -0.39 is 0 Å². The Labute approximate surface area is 118 Å². The van der Waals surface area contributed by atoms with Crippen LogP contribution in [-0.4, -0.2) is 6.61 Å². The van der Waals surface area contributed by atoms with Gasteiger partial charge in [-0.2, -0.15) is 0 Å². The lowest BCUT2D eigenvalue weighted by atomic mass is 10.1. The molecule has 1 fully saturated rings. The Morgan fingerprint density at radius 1 is 1.26 bits per heavy atom. The van der Waals surface area contributed by atoms with Gasteiger partial charge in [0, 0.05) is 10.6 Å². The van der Waals surface area contributed by atoms with E-state index in [2.05, 4.69) is 35.0 Å². The smallest absolute Gasteiger partial charge is 0.119 e. The molecule has 1 aliphatic rings. The molecule has 1 aromatic heterocycles. The summed E-state index contributed by atoms with van der Waals surface area (Å²) in [5.41, 5.74) is 1.17. The van der Waals surface area contributed by atoms with E-state index in [1.807, 2.05) is 30.4 Å². The van der Waals surface area contributed by atoms with E-state index in [0.29, 0.717) is 12.6 Å². The average molecular weight is 273 g/mol. The highest BCUT2D eigenvalue weighted by Crippen LogP contribution is 2.44. The second-order valence-corrected chi connectivity index (χ2v) is 5.91. The maximum atomic E-state index is 5.47. The quantitative estimate of drug-likeness (QED) is 0.823. The predicted octanol–water partition coefficient (Wildman–Crippen LogP) is 4.71. The summed E-state index contributed by atoms with van der Waals surface area (Å²) in [6.07, 6.45) is 2.68. The molecule has 1 saturated carbocycles. The molecule has 0 spiro atoms. The number of hydrogen-bond acceptors (Lipinski definition) is 3. The van der Waals surface area contributed by atoms with Gasteiger partial charge in [-0.1, -0.05) is 6.07 Å². The van der Waals surface area contributed by atoms with E-state index in [-0.39, 0.29) is 0 Å². The molecule has 1 unspecified atom stereocenters. The van der Waals surface area contributed by atoms with E-state index >= 15 is 0 Å². The van der Waals surface area contributed by atoms with Crippen LogP contribution in [0.2, 0.25) is 0 Å². The Hall–Kier alpha value is -1.48. The Balaban J connectivity index is 1.71. The molecule has 1 aromatic carbocycles. The normalized spacial score (nSPS) is 16.1. The van der Waals surface area contributed by atoms with Crippen LogP contribution >= 0.6 is 11.3 Å². The Kier molecular flexibility index (Phi) is 3.74. The van der Waals surface area contributed by atoms with E-state index in [1.54, 1.807) is 0 Å². The number of rotatable bonds is 6. The molecule has 1 aliphatic carbocycles. The zero-order valence-corrected chi connectivity index (χ0v) is 12.0. The molecular formula is C16H19NOS. The van der Waals surface area contributed by atoms with Crippen molar-refractivity contribution < 1.29 is 4.74 Å². The fourth-order valence-electron chi connectivity index (χ4n) is 2.31. The van der Waals surface area contributed by atoms with Crippen LogP contribution in [0.25, 0.3) is 0 Å². The molecule has 1 N–H and O–H groups in total. The van der Waals surface area contributed by atoms with Gasteiger partial charge in [-0.3, -0.25) is 0 Å². The molecule has 0 aliphatic heterocycles. The summed E-state index contributed by atoms with van der Waals surface area (Å²) in [7, 11) is 0. The summed E-state index contributed by atoms with van der Waals surface area (Å²) in [5.74, 6) is 1.73. The van der Waals surface area contributed by atoms with Crippen molar-refractivity contribution in [3.8, 4) is 5.75 Å². The molecule has 19 heavy (non-hydrogen) atoms. The third-order valence-electron chi connectivity index (χ3n) is 3.43. The maximum absolute atomic E-state index is 5.47. The van der Waals surface area contributed by atoms with Crippen molar-refractivity contribution >= 4 is 17.0 Å². The molecule has 1 atom stereocenters. The van der Waals surface area contributed by atoms with Gasteiger partial charge in [-0.15, -0.1) is 11.3 Å². The van der Waals surface area contributed by atoms with Crippen molar-refractivity contribution in [3.05, 3.63) is 46.7 Å². The molecule has 1 heterocycles. The van der Waals surface area contributed by atoms with E-state index in [4.69, 9.17) is 4.74 Å². The van der Waals surface area contributed by atoms with Crippen molar-refractivity contribution in [1.29, 1.82) is 0 Å². The summed E-state index contributed by atoms with van der Waals surface area (Å²) in [4.78, 5) is 1.44. The minimum atomic E-state index is 0.470. The molecule has 0 bridgehead atoms. The topological polar surface area (TPSA) is 21.3 Å². The number of benzene rings is 1. The first kappa shape index (κ1) is 12.5. The highest BCUT2D eigenvalue weighted by molar-refractivity contribution is 7.10. The highest BCUT2D eigenvalue weighted by atomic mass is 32.1. The average Bonchev–Trinajstić information content (AvgIpc) is 3.13. The lowest BCUT2D eigenvalue weighted by molar-refractivity contribution is 0.340. The van der Waals surface area contributed by atoms with E-state index in [9.17, 15) is 0 Å². The van der Waals surface area contributed by atoms with Gasteiger partial charge in [0.25, 0.3) is 0 Å². The van der Waals surface area contributed by atoms with Crippen LogP contribution in [-0.2, 0) is 0 Å². The minimum Gasteiger partial charge on any atom is -0.494 e. The zero-order chi connectivity index (χ0) is 13.1. The van der Waals surface area contributed by atoms with Crippen molar-refractivity contribution in [2.24, 2.45) is 5.92 Å². The molecular weight excluding hydrogens is 254 g/mol. The zero-order valence-electron chi connectivity index (χ0n) is 11.1. The largest absolute Gasteiger partial charge is 0.494 e. The Morgan fingerprint density at radius 2 is 2.05 bits per heavy atom. The van der Waals surface area contributed by atoms with Crippen LogP contribution in [0.15, 0.2) is 41.8 Å². The van der Waals surface area contributed by atoms with Gasteiger partial charge in [-0.05, 0) is 61.4 Å². The molecule has 100 valence electrons. The lowest BCUT2D eigenvalue weighted by Gasteiger charge is -2.18. The first-order valence-corrected chi connectivity index (χ1v) is 7.77. The van der Waals surface area contributed by atoms with Crippen LogP contribution < -0.4 is 10.1 Å². The first-order valence-electron chi connectivity index (χ1n) is 6.89. The molecule has 0 radical (unpaired) electrons. The van der Waals surface area contributed by atoms with Crippen molar-refractivity contribution in [2.45, 2.75) is 25.8 Å². The number of thiophene rings is 1. The van der Waals surface area contributed by atoms with Crippen molar-refractivity contribution in [2.75, 3.05) is 11.9 Å². The van der Waals surface area contributed by atoms with Gasteiger partial charge < -0.3 is 10.1 Å². The monoisotopic (exact) mass is 273 g/mol. The molecule has 3 rings (SSSR count). The SMILES string of the molecule is CCOc1ccc(NC(c2cccs2)C2CC2)cc1. The number of nitrogens with one attached hydrogen (secondary N) is 1. The molecule has 2 aromatic rings. The van der Waals surface area contributed by atoms with Crippen LogP contribution in [0, 0.1) is 5.92 Å². The number of hydrogen-bond donors (Lipinski definition) is 1. The summed E-state index contributed by atoms with van der Waals surface area (Å²) in [6, 6.07) is 13.1. The van der Waals surface area contributed by atoms with Crippen LogP contribution in [0.1, 0.15) is 30.7 Å². The number of ether oxygens (including phenoxy) is 1. The summed E-state index contributed by atoms with van der Waals surface area (Å²) >= 11 is 1.84. The van der Waals surface area contributed by atoms with Gasteiger partial charge in [0.15, 0.2) is 0 Å². The van der Waals surface area contributed by atoms with Gasteiger partial charge in [-0.25, -0.2) is 0 Å². The third kappa shape index (κ3) is 3.10. The van der Waals surface area contributed by atoms with Crippen molar-refractivity contribution in [1.82, 2.24) is 0 Å². The van der Waals surface area contributed by atoms with Crippen LogP contribution in [0.5, 0.6) is 5.75 Å². The molecule has 0 amide bonds. The van der Waals surface area contributed by atoms with Gasteiger partial charge in [0.05, 0.1) is 12.6 Å². The fourth-order valence-corrected chi connectivity index (χ4v) is 3.18. The van der Waals surface area contributed by atoms with Crippen LogP contribution in [0.3, 0.4) is 0 Å². The van der Waals surface area contributed by atoms with Gasteiger partial charge in [0.2, 0.25) is 0 Å². The predicted molar refractivity (Wildman–Crippen MR) is 81.0 cm³/mol. The van der Waals surface area contributed by atoms with E-state index in [0.717, 1.165) is 11.7 Å². The summed E-state index contributed by atoms with van der Waals surface area (Å²) in [5, 5.41) is 5.82. The van der Waals surface area contributed by atoms with E-state index in [1.165, 1.54) is 23.4 Å². The fraction of sp³-hybridized carbons (Fsp3) is 0.375. The maximum Gasteiger partial charge on any atom is 0.119 e. The first-order chi connectivity index (χ1) is 9.36. The second-order valence-electron chi connectivity index (χ2n) is 4.93. The third-order valence-corrected chi connectivity index (χ3v) is 4.39. The molecule has 2 nitrogen and oxygen atoms in total. The van der Waals surface area contributed by atoms with Crippen LogP contribution in [0.4, 0.5) is 5.69 Å². The lowest BCUT2D eigenvalue weighted by Crippen LogP contribution is -2.11. The molecule has 0 saturated heterocycles. The standard InChI is InChI=1S/C16H19NOS/c1-2-18-14-9-7-13(8-10-14)17-16(12-5-6-12)15-4-3-11-19-15/h3-4,7-12,16-17H,2,5-6H2,1H3. The van der Waals surface area contributed by atoms with Crippen molar-refractivity contribution in [3.63, 3.8) is 0 Å². The number of anilines is 1. The second kappa shape index (κ2) is 5.66. The van der Waals surface area contributed by atoms with Gasteiger partial charge >= 0.3 is 0 Å². The Morgan fingerprint density at radius 3 is 2.63 bits per heavy atom. The summed E-state index contributed by atoms with van der Waals surface area (Å²) < 4.78 is 5.47. The molecule has 3 heteroatoms.